The first-order chi connectivity index (χ1) is 8.91. The highest BCUT2D eigenvalue weighted by molar-refractivity contribution is 7.91. The number of nitrogens with one attached hydrogen (secondary N) is 1. The zero-order chi connectivity index (χ0) is 14.0. The first-order valence-corrected chi connectivity index (χ1v) is 7.85. The van der Waals surface area contributed by atoms with Crippen LogP contribution in [0, 0.1) is 17.6 Å². The van der Waals surface area contributed by atoms with Gasteiger partial charge in [-0.05, 0) is 24.8 Å². The van der Waals surface area contributed by atoms with Gasteiger partial charge in [-0.15, -0.1) is 0 Å². The number of benzene rings is 1. The molecule has 1 heterocycles. The lowest BCUT2D eigenvalue weighted by molar-refractivity contribution is 0.407. The molecule has 106 valence electrons. The first kappa shape index (κ1) is 14.4. The summed E-state index contributed by atoms with van der Waals surface area (Å²) in [6, 6.07) is 2.77. The highest BCUT2D eigenvalue weighted by atomic mass is 32.2. The van der Waals surface area contributed by atoms with Crippen LogP contribution in [0.2, 0.25) is 0 Å². The Labute approximate surface area is 110 Å². The molecule has 4 nitrogen and oxygen atoms in total. The van der Waals surface area contributed by atoms with Gasteiger partial charge in [-0.2, -0.15) is 0 Å². The third-order valence-electron chi connectivity index (χ3n) is 3.43. The summed E-state index contributed by atoms with van der Waals surface area (Å²) >= 11 is 0. The highest BCUT2D eigenvalue weighted by Gasteiger charge is 2.30. The Morgan fingerprint density at radius 2 is 2.16 bits per heavy atom. The molecule has 0 spiro atoms. The van der Waals surface area contributed by atoms with Gasteiger partial charge in [0, 0.05) is 17.7 Å². The largest absolute Gasteiger partial charge is 0.271 e. The van der Waals surface area contributed by atoms with Crippen LogP contribution in [0.3, 0.4) is 0 Å². The molecule has 0 radical (unpaired) electrons. The molecule has 1 fully saturated rings. The SMILES string of the molecule is NNC(CC1CCS(=O)(=O)C1)c1ccc(F)cc1F. The molecule has 1 aromatic rings. The van der Waals surface area contributed by atoms with E-state index in [9.17, 15) is 17.2 Å². The van der Waals surface area contributed by atoms with Crippen LogP contribution in [-0.2, 0) is 9.84 Å². The molecule has 19 heavy (non-hydrogen) atoms. The smallest absolute Gasteiger partial charge is 0.150 e. The molecule has 7 heteroatoms. The average molecular weight is 290 g/mol. The summed E-state index contributed by atoms with van der Waals surface area (Å²) in [5.74, 6) is 4.30. The summed E-state index contributed by atoms with van der Waals surface area (Å²) in [5.41, 5.74) is 2.73. The van der Waals surface area contributed by atoms with E-state index in [2.05, 4.69) is 5.43 Å². The Morgan fingerprint density at radius 1 is 1.42 bits per heavy atom. The molecule has 1 aliphatic rings. The van der Waals surface area contributed by atoms with E-state index < -0.39 is 27.5 Å². The minimum Gasteiger partial charge on any atom is -0.271 e. The lowest BCUT2D eigenvalue weighted by atomic mass is 9.94. The van der Waals surface area contributed by atoms with Crippen LogP contribution in [-0.4, -0.2) is 19.9 Å². The Hall–Kier alpha value is -1.05. The molecule has 2 rings (SSSR count). The van der Waals surface area contributed by atoms with E-state index in [4.69, 9.17) is 5.84 Å². The van der Waals surface area contributed by atoms with Crippen LogP contribution in [0.1, 0.15) is 24.4 Å². The summed E-state index contributed by atoms with van der Waals surface area (Å²) in [7, 11) is -2.97. The normalized spacial score (nSPS) is 23.4. The molecular weight excluding hydrogens is 274 g/mol. The molecule has 3 N–H and O–H groups in total. The van der Waals surface area contributed by atoms with Gasteiger partial charge in [0.2, 0.25) is 0 Å². The topological polar surface area (TPSA) is 72.2 Å². The predicted octanol–water partition coefficient (Wildman–Crippen LogP) is 1.29. The number of rotatable bonds is 4. The van der Waals surface area contributed by atoms with E-state index in [1.165, 1.54) is 6.07 Å². The van der Waals surface area contributed by atoms with E-state index in [1.54, 1.807) is 0 Å². The van der Waals surface area contributed by atoms with Gasteiger partial charge < -0.3 is 0 Å². The number of hydrazine groups is 1. The minimum atomic E-state index is -2.97. The van der Waals surface area contributed by atoms with Gasteiger partial charge >= 0.3 is 0 Å². The Bertz CT molecular complexity index is 563. The van der Waals surface area contributed by atoms with Gasteiger partial charge in [0.15, 0.2) is 9.84 Å². The summed E-state index contributed by atoms with van der Waals surface area (Å²) in [4.78, 5) is 0. The summed E-state index contributed by atoms with van der Waals surface area (Å²) in [5, 5.41) is 0. The zero-order valence-electron chi connectivity index (χ0n) is 10.3. The lowest BCUT2D eigenvalue weighted by Gasteiger charge is -2.20. The quantitative estimate of drug-likeness (QED) is 0.647. The maximum atomic E-state index is 13.7. The molecule has 0 saturated carbocycles. The van der Waals surface area contributed by atoms with Gasteiger partial charge in [-0.1, -0.05) is 6.07 Å². The van der Waals surface area contributed by atoms with Crippen molar-refractivity contribution in [3.05, 3.63) is 35.4 Å². The summed E-state index contributed by atoms with van der Waals surface area (Å²) in [6.07, 6.45) is 0.974. The van der Waals surface area contributed by atoms with E-state index in [1.807, 2.05) is 0 Å². The molecule has 1 saturated heterocycles. The van der Waals surface area contributed by atoms with Crippen LogP contribution in [0.25, 0.3) is 0 Å². The standard InChI is InChI=1S/C12H16F2N2O2S/c13-9-1-2-10(11(14)6-9)12(16-15)5-8-3-4-19(17,18)7-8/h1-2,6,8,12,16H,3-5,7,15H2. The maximum Gasteiger partial charge on any atom is 0.150 e. The minimum absolute atomic E-state index is 0.0458. The van der Waals surface area contributed by atoms with Crippen LogP contribution < -0.4 is 11.3 Å². The lowest BCUT2D eigenvalue weighted by Crippen LogP contribution is -2.30. The average Bonchev–Trinajstić information content (AvgIpc) is 2.66. The van der Waals surface area contributed by atoms with Crippen molar-refractivity contribution in [2.45, 2.75) is 18.9 Å². The van der Waals surface area contributed by atoms with Gasteiger partial charge in [0.05, 0.1) is 11.5 Å². The Kier molecular flexibility index (Phi) is 4.17. The van der Waals surface area contributed by atoms with Crippen molar-refractivity contribution in [2.75, 3.05) is 11.5 Å². The number of nitrogens with two attached hydrogens (primary N) is 1. The summed E-state index contributed by atoms with van der Waals surface area (Å²) in [6.45, 7) is 0. The van der Waals surface area contributed by atoms with Gasteiger partial charge in [0.1, 0.15) is 11.6 Å². The van der Waals surface area contributed by atoms with E-state index >= 15 is 0 Å². The third-order valence-corrected chi connectivity index (χ3v) is 5.27. The molecular formula is C12H16F2N2O2S. The molecule has 0 aromatic heterocycles. The zero-order valence-corrected chi connectivity index (χ0v) is 11.1. The van der Waals surface area contributed by atoms with Crippen LogP contribution >= 0.6 is 0 Å². The van der Waals surface area contributed by atoms with Crippen molar-refractivity contribution in [1.29, 1.82) is 0 Å². The number of halogens is 2. The fourth-order valence-corrected chi connectivity index (χ4v) is 4.34. The van der Waals surface area contributed by atoms with E-state index in [0.717, 1.165) is 12.1 Å². The van der Waals surface area contributed by atoms with Gasteiger partial charge in [0.25, 0.3) is 0 Å². The maximum absolute atomic E-state index is 13.7. The molecule has 2 atom stereocenters. The van der Waals surface area contributed by atoms with Crippen molar-refractivity contribution in [2.24, 2.45) is 11.8 Å². The van der Waals surface area contributed by atoms with Gasteiger partial charge in [-0.25, -0.2) is 17.2 Å². The molecule has 0 aliphatic carbocycles. The third kappa shape index (κ3) is 3.49. The molecule has 1 aromatic carbocycles. The molecule has 2 unspecified atom stereocenters. The van der Waals surface area contributed by atoms with Crippen LogP contribution in [0.4, 0.5) is 8.78 Å². The molecule has 0 bridgehead atoms. The first-order valence-electron chi connectivity index (χ1n) is 6.03. The molecule has 0 amide bonds. The number of sulfone groups is 1. The number of hydrogen-bond donors (Lipinski definition) is 2. The van der Waals surface area contributed by atoms with Crippen molar-refractivity contribution >= 4 is 9.84 Å². The second-order valence-corrected chi connectivity index (χ2v) is 7.12. The van der Waals surface area contributed by atoms with Crippen molar-refractivity contribution in [1.82, 2.24) is 5.43 Å². The number of hydrogen-bond acceptors (Lipinski definition) is 4. The fraction of sp³-hybridized carbons (Fsp3) is 0.500. The van der Waals surface area contributed by atoms with Crippen LogP contribution in [0.15, 0.2) is 18.2 Å². The van der Waals surface area contributed by atoms with Gasteiger partial charge in [-0.3, -0.25) is 11.3 Å². The van der Waals surface area contributed by atoms with Crippen molar-refractivity contribution < 1.29 is 17.2 Å². The van der Waals surface area contributed by atoms with Crippen molar-refractivity contribution in [3.63, 3.8) is 0 Å². The van der Waals surface area contributed by atoms with Crippen LogP contribution in [0.5, 0.6) is 0 Å². The fourth-order valence-electron chi connectivity index (χ4n) is 2.46. The van der Waals surface area contributed by atoms with E-state index in [-0.39, 0.29) is 23.0 Å². The van der Waals surface area contributed by atoms with E-state index in [0.29, 0.717) is 12.8 Å². The highest BCUT2D eigenvalue weighted by Crippen LogP contribution is 2.29. The monoisotopic (exact) mass is 290 g/mol. The molecule has 1 aliphatic heterocycles. The Morgan fingerprint density at radius 3 is 2.68 bits per heavy atom. The second kappa shape index (κ2) is 5.52. The second-order valence-electron chi connectivity index (χ2n) is 4.89. The predicted molar refractivity (Wildman–Crippen MR) is 67.8 cm³/mol. The summed E-state index contributed by atoms with van der Waals surface area (Å²) < 4.78 is 49.3. The van der Waals surface area contributed by atoms with Crippen molar-refractivity contribution in [3.8, 4) is 0 Å². The Balaban J connectivity index is 2.12.